The van der Waals surface area contributed by atoms with Gasteiger partial charge >= 0.3 is 0 Å². The number of non-ortho nitro benzene ring substituents is 1. The smallest absolute Gasteiger partial charge is 0.281 e. The summed E-state index contributed by atoms with van der Waals surface area (Å²) in [4.78, 5) is 23.2. The van der Waals surface area contributed by atoms with Gasteiger partial charge in [0.05, 0.1) is 16.0 Å². The Labute approximate surface area is 183 Å². The van der Waals surface area contributed by atoms with Crippen molar-refractivity contribution >= 4 is 55.2 Å². The molecule has 0 radical (unpaired) electrons. The summed E-state index contributed by atoms with van der Waals surface area (Å²) in [6, 6.07) is 15.7. The number of benzene rings is 2. The van der Waals surface area contributed by atoms with Crippen molar-refractivity contribution in [2.45, 2.75) is 6.92 Å². The lowest BCUT2D eigenvalue weighted by molar-refractivity contribution is -0.384. The first-order chi connectivity index (χ1) is 14.4. The predicted molar refractivity (Wildman–Crippen MR) is 120 cm³/mol. The molecule has 2 heterocycles. The number of furan rings is 1. The normalized spacial score (nSPS) is 11.3. The standard InChI is InChI=1S/C21H14BrN3O4S/c1-12-2-5-16(17(22)8-12)18-6-4-15(29-18)11-23-24-21(26)20-10-13-9-14(25(27)28)3-7-19(13)30-20/h2-11H,1H3,(H,24,26)/b23-11+. The van der Waals surface area contributed by atoms with Gasteiger partial charge in [-0.05, 0) is 48.9 Å². The fraction of sp³-hybridized carbons (Fsp3) is 0.0476. The Bertz CT molecular complexity index is 1310. The van der Waals surface area contributed by atoms with Gasteiger partial charge in [-0.1, -0.05) is 22.0 Å². The number of hydrogen-bond acceptors (Lipinski definition) is 6. The molecule has 0 spiro atoms. The summed E-state index contributed by atoms with van der Waals surface area (Å²) >= 11 is 4.77. The summed E-state index contributed by atoms with van der Waals surface area (Å²) in [5, 5.41) is 15.5. The Morgan fingerprint density at radius 2 is 2.03 bits per heavy atom. The van der Waals surface area contributed by atoms with Crippen LogP contribution in [0.4, 0.5) is 5.69 Å². The average Bonchev–Trinajstić information content (AvgIpc) is 3.34. The van der Waals surface area contributed by atoms with E-state index < -0.39 is 10.8 Å². The molecule has 0 atom stereocenters. The van der Waals surface area contributed by atoms with Crippen LogP contribution in [0.1, 0.15) is 21.0 Å². The van der Waals surface area contributed by atoms with Gasteiger partial charge in [0.2, 0.25) is 0 Å². The van der Waals surface area contributed by atoms with Crippen LogP contribution >= 0.6 is 27.3 Å². The molecule has 1 N–H and O–H groups in total. The maximum Gasteiger partial charge on any atom is 0.281 e. The number of hydrazone groups is 1. The molecule has 4 aromatic rings. The van der Waals surface area contributed by atoms with Gasteiger partial charge in [0.1, 0.15) is 11.5 Å². The zero-order chi connectivity index (χ0) is 21.3. The second-order valence-corrected chi connectivity index (χ2v) is 8.41. The molecular weight excluding hydrogens is 470 g/mol. The first-order valence-electron chi connectivity index (χ1n) is 8.78. The van der Waals surface area contributed by atoms with Crippen molar-refractivity contribution in [1.82, 2.24) is 5.43 Å². The largest absolute Gasteiger partial charge is 0.455 e. The molecule has 0 aliphatic heterocycles. The molecule has 4 rings (SSSR count). The molecule has 30 heavy (non-hydrogen) atoms. The van der Waals surface area contributed by atoms with E-state index in [0.717, 1.165) is 20.3 Å². The molecule has 0 saturated heterocycles. The monoisotopic (exact) mass is 483 g/mol. The van der Waals surface area contributed by atoms with Crippen LogP contribution in [0.25, 0.3) is 21.4 Å². The quantitative estimate of drug-likeness (QED) is 0.217. The Kier molecular flexibility index (Phi) is 5.47. The Hall–Kier alpha value is -3.30. The molecular formula is C21H14BrN3O4S. The van der Waals surface area contributed by atoms with E-state index in [0.29, 0.717) is 21.8 Å². The van der Waals surface area contributed by atoms with E-state index in [1.807, 2.05) is 31.2 Å². The minimum Gasteiger partial charge on any atom is -0.455 e. The van der Waals surface area contributed by atoms with E-state index in [9.17, 15) is 14.9 Å². The van der Waals surface area contributed by atoms with Crippen LogP contribution in [0.5, 0.6) is 0 Å². The highest BCUT2D eigenvalue weighted by molar-refractivity contribution is 9.10. The Balaban J connectivity index is 1.46. The maximum absolute atomic E-state index is 12.3. The average molecular weight is 484 g/mol. The second kappa shape index (κ2) is 8.21. The van der Waals surface area contributed by atoms with Gasteiger partial charge in [-0.3, -0.25) is 14.9 Å². The van der Waals surface area contributed by atoms with E-state index in [4.69, 9.17) is 4.42 Å². The lowest BCUT2D eigenvalue weighted by Gasteiger charge is -2.01. The molecule has 2 aromatic heterocycles. The highest BCUT2D eigenvalue weighted by atomic mass is 79.9. The van der Waals surface area contributed by atoms with Gasteiger partial charge in [0, 0.05) is 32.3 Å². The summed E-state index contributed by atoms with van der Waals surface area (Å²) in [5.41, 5.74) is 4.49. The molecule has 2 aromatic carbocycles. The zero-order valence-corrected chi connectivity index (χ0v) is 18.0. The lowest BCUT2D eigenvalue weighted by Crippen LogP contribution is -2.15. The van der Waals surface area contributed by atoms with Crippen molar-refractivity contribution in [2.75, 3.05) is 0 Å². The van der Waals surface area contributed by atoms with Crippen molar-refractivity contribution in [3.63, 3.8) is 0 Å². The number of nitrogens with zero attached hydrogens (tertiary/aromatic N) is 2. The molecule has 7 nitrogen and oxygen atoms in total. The number of carbonyl (C=O) groups is 1. The number of nitrogens with one attached hydrogen (secondary N) is 1. The Morgan fingerprint density at radius 1 is 1.20 bits per heavy atom. The fourth-order valence-corrected chi connectivity index (χ4v) is 4.47. The number of hydrogen-bond donors (Lipinski definition) is 1. The molecule has 1 amide bonds. The van der Waals surface area contributed by atoms with Gasteiger partial charge in [-0.25, -0.2) is 5.43 Å². The molecule has 9 heteroatoms. The number of nitro groups is 1. The van der Waals surface area contributed by atoms with Crippen LogP contribution in [0.3, 0.4) is 0 Å². The van der Waals surface area contributed by atoms with Crippen LogP contribution in [0.2, 0.25) is 0 Å². The van der Waals surface area contributed by atoms with E-state index >= 15 is 0 Å². The molecule has 0 aliphatic carbocycles. The van der Waals surface area contributed by atoms with Gasteiger partial charge < -0.3 is 4.42 Å². The van der Waals surface area contributed by atoms with Gasteiger partial charge in [0.15, 0.2) is 0 Å². The SMILES string of the molecule is Cc1ccc(-c2ccc(/C=N/NC(=O)c3cc4cc([N+](=O)[O-])ccc4s3)o2)c(Br)c1. The van der Waals surface area contributed by atoms with E-state index in [-0.39, 0.29) is 5.69 Å². The number of halogens is 1. The van der Waals surface area contributed by atoms with Crippen LogP contribution in [0.15, 0.2) is 68.6 Å². The maximum atomic E-state index is 12.3. The van der Waals surface area contributed by atoms with Crippen LogP contribution in [-0.2, 0) is 0 Å². The highest BCUT2D eigenvalue weighted by Crippen LogP contribution is 2.30. The van der Waals surface area contributed by atoms with Gasteiger partial charge in [-0.2, -0.15) is 5.10 Å². The van der Waals surface area contributed by atoms with Crippen molar-refractivity contribution in [1.29, 1.82) is 0 Å². The van der Waals surface area contributed by atoms with Crippen LogP contribution in [0, 0.1) is 17.0 Å². The van der Waals surface area contributed by atoms with E-state index in [2.05, 4.69) is 26.5 Å². The second-order valence-electron chi connectivity index (χ2n) is 6.47. The highest BCUT2D eigenvalue weighted by Gasteiger charge is 2.13. The number of aryl methyl sites for hydroxylation is 1. The molecule has 0 fully saturated rings. The van der Waals surface area contributed by atoms with Crippen molar-refractivity contribution in [3.05, 3.63) is 85.4 Å². The third-order valence-corrected chi connectivity index (χ3v) is 6.08. The zero-order valence-electron chi connectivity index (χ0n) is 15.6. The van der Waals surface area contributed by atoms with Gasteiger partial charge in [-0.15, -0.1) is 11.3 Å². The first-order valence-corrected chi connectivity index (χ1v) is 10.4. The lowest BCUT2D eigenvalue weighted by atomic mass is 10.1. The van der Waals surface area contributed by atoms with E-state index in [1.54, 1.807) is 18.2 Å². The van der Waals surface area contributed by atoms with Crippen molar-refractivity contribution < 1.29 is 14.1 Å². The van der Waals surface area contributed by atoms with Crippen LogP contribution in [-0.4, -0.2) is 17.0 Å². The van der Waals surface area contributed by atoms with E-state index in [1.165, 1.54) is 29.7 Å². The van der Waals surface area contributed by atoms with Crippen molar-refractivity contribution in [3.8, 4) is 11.3 Å². The third kappa shape index (κ3) is 4.17. The first kappa shape index (κ1) is 20.0. The molecule has 0 aliphatic rings. The summed E-state index contributed by atoms with van der Waals surface area (Å²) in [7, 11) is 0. The number of fused-ring (bicyclic) bond motifs is 1. The van der Waals surface area contributed by atoms with Crippen LogP contribution < -0.4 is 5.43 Å². The predicted octanol–water partition coefficient (Wildman–Crippen LogP) is 5.90. The molecule has 0 bridgehead atoms. The summed E-state index contributed by atoms with van der Waals surface area (Å²) in [6.45, 7) is 2.01. The fourth-order valence-electron chi connectivity index (χ4n) is 2.85. The number of carbonyl (C=O) groups excluding carboxylic acids is 1. The summed E-state index contributed by atoms with van der Waals surface area (Å²) < 4.78 is 7.49. The third-order valence-electron chi connectivity index (χ3n) is 4.31. The van der Waals surface area contributed by atoms with Crippen molar-refractivity contribution in [2.24, 2.45) is 5.10 Å². The summed E-state index contributed by atoms with van der Waals surface area (Å²) in [6.07, 6.45) is 1.42. The Morgan fingerprint density at radius 3 is 2.80 bits per heavy atom. The summed E-state index contributed by atoms with van der Waals surface area (Å²) in [5.74, 6) is 0.772. The number of rotatable bonds is 5. The minimum absolute atomic E-state index is 0.0147. The molecule has 150 valence electrons. The number of amides is 1. The number of nitro benzene ring substituents is 1. The topological polar surface area (TPSA) is 97.7 Å². The molecule has 0 unspecified atom stereocenters. The van der Waals surface area contributed by atoms with Gasteiger partial charge in [0.25, 0.3) is 11.6 Å². The molecule has 0 saturated carbocycles. The minimum atomic E-state index is -0.464. The number of thiophene rings is 1.